The van der Waals surface area contributed by atoms with E-state index in [1.54, 1.807) is 26.2 Å². The van der Waals surface area contributed by atoms with Gasteiger partial charge in [0.25, 0.3) is 0 Å². The average molecular weight is 392 g/mol. The maximum atomic E-state index is 13.0. The minimum absolute atomic E-state index is 0.297. The van der Waals surface area contributed by atoms with Crippen LogP contribution in [-0.4, -0.2) is 69.5 Å². The number of ether oxygens (including phenoxy) is 2. The molecular formula is C18H24N4O4S. The number of aryl methyl sites for hydroxylation is 1. The zero-order valence-electron chi connectivity index (χ0n) is 15.5. The molecule has 8 nitrogen and oxygen atoms in total. The molecule has 9 heteroatoms. The summed E-state index contributed by atoms with van der Waals surface area (Å²) in [6.07, 6.45) is 0. The van der Waals surface area contributed by atoms with E-state index >= 15 is 0 Å². The van der Waals surface area contributed by atoms with Crippen molar-refractivity contribution in [3.63, 3.8) is 0 Å². The number of benzene rings is 1. The molecule has 0 atom stereocenters. The van der Waals surface area contributed by atoms with E-state index in [4.69, 9.17) is 9.47 Å². The molecule has 0 unspecified atom stereocenters. The number of rotatable bonds is 7. The summed E-state index contributed by atoms with van der Waals surface area (Å²) >= 11 is 0. The van der Waals surface area contributed by atoms with Crippen molar-refractivity contribution in [2.24, 2.45) is 0 Å². The van der Waals surface area contributed by atoms with Gasteiger partial charge in [0.1, 0.15) is 5.82 Å². The van der Waals surface area contributed by atoms with Crippen LogP contribution < -0.4 is 5.32 Å². The number of morpholine rings is 1. The van der Waals surface area contributed by atoms with Crippen LogP contribution in [0.4, 0.5) is 5.82 Å². The molecule has 1 aromatic carbocycles. The third-order valence-electron chi connectivity index (χ3n) is 4.35. The predicted octanol–water partition coefficient (Wildman–Crippen LogP) is 1.53. The summed E-state index contributed by atoms with van der Waals surface area (Å²) in [5, 5.41) is 11.4. The summed E-state index contributed by atoms with van der Waals surface area (Å²) in [4.78, 5) is 0.297. The number of anilines is 1. The summed E-state index contributed by atoms with van der Waals surface area (Å²) in [5.74, 6) is 0.643. The third kappa shape index (κ3) is 4.62. The Balaban J connectivity index is 1.84. The normalized spacial score (nSPS) is 15.6. The fourth-order valence-corrected chi connectivity index (χ4v) is 4.48. The molecule has 2 heterocycles. The fourth-order valence-electron chi connectivity index (χ4n) is 2.83. The molecule has 1 aromatic heterocycles. The molecular weight excluding hydrogens is 368 g/mol. The van der Waals surface area contributed by atoms with Crippen molar-refractivity contribution in [2.45, 2.75) is 11.8 Å². The van der Waals surface area contributed by atoms with Gasteiger partial charge in [0.2, 0.25) is 10.0 Å². The predicted molar refractivity (Wildman–Crippen MR) is 102 cm³/mol. The highest BCUT2D eigenvalue weighted by Gasteiger charge is 2.28. The van der Waals surface area contributed by atoms with E-state index in [0.717, 1.165) is 0 Å². The van der Waals surface area contributed by atoms with Crippen LogP contribution in [0.2, 0.25) is 0 Å². The maximum absolute atomic E-state index is 13.0. The number of hydrogen-bond acceptors (Lipinski definition) is 7. The van der Waals surface area contributed by atoms with Gasteiger partial charge in [-0.3, -0.25) is 0 Å². The van der Waals surface area contributed by atoms with Gasteiger partial charge in [0, 0.05) is 32.3 Å². The van der Waals surface area contributed by atoms with Crippen molar-refractivity contribution in [1.29, 1.82) is 0 Å². The van der Waals surface area contributed by atoms with Crippen LogP contribution in [-0.2, 0) is 19.5 Å². The van der Waals surface area contributed by atoms with Crippen LogP contribution in [0.15, 0.2) is 35.2 Å². The second-order valence-corrected chi connectivity index (χ2v) is 8.13. The highest BCUT2D eigenvalue weighted by atomic mass is 32.2. The first-order valence-electron chi connectivity index (χ1n) is 8.78. The lowest BCUT2D eigenvalue weighted by atomic mass is 10.1. The summed E-state index contributed by atoms with van der Waals surface area (Å²) in [5.41, 5.74) is 2.03. The Morgan fingerprint density at radius 1 is 1.19 bits per heavy atom. The zero-order chi connectivity index (χ0) is 19.3. The maximum Gasteiger partial charge on any atom is 0.243 e. The molecule has 1 aliphatic heterocycles. The van der Waals surface area contributed by atoms with Gasteiger partial charge < -0.3 is 14.8 Å². The Bertz CT molecular complexity index is 865. The highest BCUT2D eigenvalue weighted by Crippen LogP contribution is 2.26. The van der Waals surface area contributed by atoms with Crippen molar-refractivity contribution in [3.8, 4) is 11.3 Å². The average Bonchev–Trinajstić information content (AvgIpc) is 2.70. The van der Waals surface area contributed by atoms with E-state index in [2.05, 4.69) is 15.5 Å². The highest BCUT2D eigenvalue weighted by molar-refractivity contribution is 7.89. The van der Waals surface area contributed by atoms with Crippen molar-refractivity contribution in [1.82, 2.24) is 14.5 Å². The molecule has 0 radical (unpaired) electrons. The minimum Gasteiger partial charge on any atom is -0.383 e. The second kappa shape index (κ2) is 8.75. The Labute approximate surface area is 159 Å². The number of nitrogens with one attached hydrogen (secondary N) is 1. The number of hydrogen-bond donors (Lipinski definition) is 1. The number of methoxy groups -OCH3 is 1. The molecule has 0 spiro atoms. The van der Waals surface area contributed by atoms with Crippen molar-refractivity contribution in [2.75, 3.05) is 51.9 Å². The first-order chi connectivity index (χ1) is 13.0. The van der Waals surface area contributed by atoms with Gasteiger partial charge in [0.05, 0.1) is 30.4 Å². The van der Waals surface area contributed by atoms with Gasteiger partial charge in [-0.05, 0) is 30.7 Å². The molecule has 1 N–H and O–H groups in total. The third-order valence-corrected chi connectivity index (χ3v) is 6.39. The van der Waals surface area contributed by atoms with Gasteiger partial charge in [-0.25, -0.2) is 8.42 Å². The van der Waals surface area contributed by atoms with E-state index < -0.39 is 10.0 Å². The van der Waals surface area contributed by atoms with E-state index in [9.17, 15) is 8.42 Å². The van der Waals surface area contributed by atoms with Gasteiger partial charge in [-0.15, -0.1) is 10.2 Å². The molecule has 27 heavy (non-hydrogen) atoms. The lowest BCUT2D eigenvalue weighted by Gasteiger charge is -2.26. The van der Waals surface area contributed by atoms with Gasteiger partial charge >= 0.3 is 0 Å². The first-order valence-corrected chi connectivity index (χ1v) is 10.2. The van der Waals surface area contributed by atoms with Crippen LogP contribution in [0.3, 0.4) is 0 Å². The van der Waals surface area contributed by atoms with Crippen LogP contribution in [0.5, 0.6) is 0 Å². The monoisotopic (exact) mass is 392 g/mol. The first kappa shape index (κ1) is 19.7. The summed E-state index contributed by atoms with van der Waals surface area (Å²) in [6, 6.07) is 8.96. The molecule has 1 fully saturated rings. The number of nitrogens with zero attached hydrogens (tertiary/aromatic N) is 3. The molecule has 0 bridgehead atoms. The van der Waals surface area contributed by atoms with Crippen molar-refractivity contribution < 1.29 is 17.9 Å². The van der Waals surface area contributed by atoms with E-state index in [-0.39, 0.29) is 0 Å². The molecule has 3 rings (SSSR count). The van der Waals surface area contributed by atoms with Crippen molar-refractivity contribution in [3.05, 3.63) is 35.9 Å². The Morgan fingerprint density at radius 2 is 1.96 bits per heavy atom. The van der Waals surface area contributed by atoms with Gasteiger partial charge in [-0.2, -0.15) is 4.31 Å². The molecule has 1 saturated heterocycles. The van der Waals surface area contributed by atoms with E-state index in [1.807, 2.05) is 18.2 Å². The largest absolute Gasteiger partial charge is 0.383 e. The minimum atomic E-state index is -3.57. The van der Waals surface area contributed by atoms with Crippen LogP contribution in [0.25, 0.3) is 11.3 Å². The Morgan fingerprint density at radius 3 is 2.63 bits per heavy atom. The van der Waals surface area contributed by atoms with Crippen molar-refractivity contribution >= 4 is 15.8 Å². The molecule has 0 saturated carbocycles. The summed E-state index contributed by atoms with van der Waals surface area (Å²) in [6.45, 7) is 4.58. The number of aromatic nitrogens is 2. The molecule has 0 aliphatic carbocycles. The quantitative estimate of drug-likeness (QED) is 0.714. The lowest BCUT2D eigenvalue weighted by Crippen LogP contribution is -2.40. The Hall–Kier alpha value is -2.07. The molecule has 146 valence electrons. The molecule has 1 aliphatic rings. The molecule has 2 aromatic rings. The summed E-state index contributed by atoms with van der Waals surface area (Å²) < 4.78 is 37.7. The van der Waals surface area contributed by atoms with E-state index in [0.29, 0.717) is 67.0 Å². The molecule has 0 amide bonds. The SMILES string of the molecule is COCCNc1ccc(-c2ccc(C)c(S(=O)(=O)N3CCOCC3)c2)nn1. The number of sulfonamides is 1. The standard InChI is InChI=1S/C18H24N4O4S/c1-14-3-4-15(16-5-6-18(21-20-16)19-7-10-25-2)13-17(14)27(23,24)22-8-11-26-12-9-22/h3-6,13H,7-12H2,1-2H3,(H,19,21). The fraction of sp³-hybridized carbons (Fsp3) is 0.444. The van der Waals surface area contributed by atoms with Crippen LogP contribution in [0.1, 0.15) is 5.56 Å². The topological polar surface area (TPSA) is 93.7 Å². The lowest BCUT2D eigenvalue weighted by molar-refractivity contribution is 0.0730. The summed E-state index contributed by atoms with van der Waals surface area (Å²) in [7, 11) is -1.93. The Kier molecular flexibility index (Phi) is 6.38. The smallest absolute Gasteiger partial charge is 0.243 e. The van der Waals surface area contributed by atoms with E-state index in [1.165, 1.54) is 4.31 Å². The van der Waals surface area contributed by atoms with Crippen LogP contribution >= 0.6 is 0 Å². The zero-order valence-corrected chi connectivity index (χ0v) is 16.3. The second-order valence-electron chi connectivity index (χ2n) is 6.22. The van der Waals surface area contributed by atoms with Gasteiger partial charge in [-0.1, -0.05) is 12.1 Å². The van der Waals surface area contributed by atoms with Gasteiger partial charge in [0.15, 0.2) is 0 Å². The van der Waals surface area contributed by atoms with Crippen LogP contribution in [0, 0.1) is 6.92 Å².